The van der Waals surface area contributed by atoms with Crippen LogP contribution in [0.25, 0.3) is 0 Å². The molecular formula is C15H19ClN2O2. The third-order valence-corrected chi connectivity index (χ3v) is 3.66. The molecule has 1 heterocycles. The summed E-state index contributed by atoms with van der Waals surface area (Å²) in [5.74, 6) is 0.756. The molecule has 4 nitrogen and oxygen atoms in total. The zero-order valence-electron chi connectivity index (χ0n) is 11.7. The van der Waals surface area contributed by atoms with Crippen LogP contribution in [0.2, 0.25) is 5.02 Å². The van der Waals surface area contributed by atoms with Crippen LogP contribution in [0.1, 0.15) is 17.2 Å². The molecule has 1 atom stereocenters. The fourth-order valence-electron chi connectivity index (χ4n) is 2.32. The van der Waals surface area contributed by atoms with E-state index in [4.69, 9.17) is 26.5 Å². The Morgan fingerprint density at radius 3 is 2.80 bits per heavy atom. The summed E-state index contributed by atoms with van der Waals surface area (Å²) >= 11 is 6.33. The van der Waals surface area contributed by atoms with Crippen LogP contribution in [-0.4, -0.2) is 25.6 Å². The molecule has 0 saturated heterocycles. The molecule has 0 aliphatic carbocycles. The smallest absolute Gasteiger partial charge is 0.125 e. The molecule has 2 rings (SSSR count). The van der Waals surface area contributed by atoms with Crippen molar-refractivity contribution in [2.24, 2.45) is 5.73 Å². The van der Waals surface area contributed by atoms with E-state index in [1.807, 2.05) is 31.3 Å². The molecule has 2 aromatic rings. The summed E-state index contributed by atoms with van der Waals surface area (Å²) in [5.41, 5.74) is 7.96. The van der Waals surface area contributed by atoms with Gasteiger partial charge in [-0.1, -0.05) is 17.7 Å². The highest BCUT2D eigenvalue weighted by Gasteiger charge is 2.22. The van der Waals surface area contributed by atoms with Gasteiger partial charge >= 0.3 is 0 Å². The summed E-state index contributed by atoms with van der Waals surface area (Å²) in [4.78, 5) is 2.13. The Balaban J connectivity index is 2.27. The van der Waals surface area contributed by atoms with Crippen molar-refractivity contribution >= 4 is 11.6 Å². The number of rotatable bonds is 6. The molecule has 1 aromatic heterocycles. The topological polar surface area (TPSA) is 51.6 Å². The fourth-order valence-corrected chi connectivity index (χ4v) is 2.61. The van der Waals surface area contributed by atoms with Gasteiger partial charge in [0.25, 0.3) is 0 Å². The van der Waals surface area contributed by atoms with E-state index < -0.39 is 0 Å². The highest BCUT2D eigenvalue weighted by molar-refractivity contribution is 6.31. The average molecular weight is 295 g/mol. The molecule has 0 bridgehead atoms. The minimum absolute atomic E-state index is 0.0199. The Morgan fingerprint density at radius 2 is 2.20 bits per heavy atom. The molecule has 0 aliphatic heterocycles. The van der Waals surface area contributed by atoms with E-state index >= 15 is 0 Å². The summed E-state index contributed by atoms with van der Waals surface area (Å²) in [6.45, 7) is 1.18. The van der Waals surface area contributed by atoms with Crippen molar-refractivity contribution in [3.05, 3.63) is 52.9 Å². The summed E-state index contributed by atoms with van der Waals surface area (Å²) in [7, 11) is 3.64. The van der Waals surface area contributed by atoms with Gasteiger partial charge in [-0.2, -0.15) is 0 Å². The molecule has 0 spiro atoms. The van der Waals surface area contributed by atoms with Gasteiger partial charge in [-0.05, 0) is 25.2 Å². The van der Waals surface area contributed by atoms with E-state index in [0.29, 0.717) is 11.6 Å². The van der Waals surface area contributed by atoms with Crippen molar-refractivity contribution in [3.8, 4) is 5.75 Å². The highest BCUT2D eigenvalue weighted by Crippen LogP contribution is 2.34. The van der Waals surface area contributed by atoms with Gasteiger partial charge in [0, 0.05) is 29.2 Å². The number of halogens is 1. The van der Waals surface area contributed by atoms with Crippen molar-refractivity contribution in [1.29, 1.82) is 0 Å². The highest BCUT2D eigenvalue weighted by atomic mass is 35.5. The SMILES string of the molecule is COc1cccc(Cl)c1C(CN)N(C)Cc1ccoc1. The Bertz CT molecular complexity index is 543. The first kappa shape index (κ1) is 14.9. The van der Waals surface area contributed by atoms with Crippen molar-refractivity contribution in [2.75, 3.05) is 20.7 Å². The summed E-state index contributed by atoms with van der Waals surface area (Å²) in [5, 5.41) is 0.666. The molecule has 5 heteroatoms. The van der Waals surface area contributed by atoms with Crippen molar-refractivity contribution in [2.45, 2.75) is 12.6 Å². The molecule has 108 valence electrons. The standard InChI is InChI=1S/C15H19ClN2O2/c1-18(9-11-6-7-20-10-11)13(8-17)15-12(16)4-3-5-14(15)19-2/h3-7,10,13H,8-9,17H2,1-2H3. The first-order valence-electron chi connectivity index (χ1n) is 6.41. The van der Waals surface area contributed by atoms with Crippen molar-refractivity contribution in [3.63, 3.8) is 0 Å². The minimum atomic E-state index is -0.0199. The maximum atomic E-state index is 6.33. The molecular weight excluding hydrogens is 276 g/mol. The van der Waals surface area contributed by atoms with Crippen LogP contribution < -0.4 is 10.5 Å². The molecule has 0 amide bonds. The van der Waals surface area contributed by atoms with Gasteiger partial charge < -0.3 is 14.9 Å². The second-order valence-corrected chi connectivity index (χ2v) is 5.06. The Labute approximate surface area is 124 Å². The lowest BCUT2D eigenvalue weighted by Gasteiger charge is -2.28. The average Bonchev–Trinajstić information content (AvgIpc) is 2.94. The monoisotopic (exact) mass is 294 g/mol. The summed E-state index contributed by atoms with van der Waals surface area (Å²) < 4.78 is 10.5. The molecule has 0 aliphatic rings. The van der Waals surface area contributed by atoms with Crippen LogP contribution in [0.3, 0.4) is 0 Å². The van der Waals surface area contributed by atoms with Crippen molar-refractivity contribution < 1.29 is 9.15 Å². The molecule has 1 aromatic carbocycles. The van der Waals surface area contributed by atoms with Crippen LogP contribution >= 0.6 is 11.6 Å². The van der Waals surface area contributed by atoms with Gasteiger partial charge in [0.05, 0.1) is 25.7 Å². The molecule has 2 N–H and O–H groups in total. The van der Waals surface area contributed by atoms with Crippen LogP contribution in [0.15, 0.2) is 41.2 Å². The number of ether oxygens (including phenoxy) is 1. The molecule has 0 fully saturated rings. The zero-order chi connectivity index (χ0) is 14.5. The van der Waals surface area contributed by atoms with Gasteiger partial charge in [0.1, 0.15) is 5.75 Å². The largest absolute Gasteiger partial charge is 0.496 e. The first-order valence-corrected chi connectivity index (χ1v) is 6.79. The van der Waals surface area contributed by atoms with Crippen LogP contribution in [-0.2, 0) is 6.54 Å². The van der Waals surface area contributed by atoms with Gasteiger partial charge in [0.2, 0.25) is 0 Å². The number of hydrogen-bond acceptors (Lipinski definition) is 4. The molecule has 1 unspecified atom stereocenters. The van der Waals surface area contributed by atoms with E-state index in [9.17, 15) is 0 Å². The first-order chi connectivity index (χ1) is 9.67. The number of hydrogen-bond donors (Lipinski definition) is 1. The van der Waals surface area contributed by atoms with E-state index in [-0.39, 0.29) is 6.04 Å². The third-order valence-electron chi connectivity index (χ3n) is 3.33. The Hall–Kier alpha value is -1.49. The lowest BCUT2D eigenvalue weighted by Crippen LogP contribution is -2.30. The quantitative estimate of drug-likeness (QED) is 0.889. The number of likely N-dealkylation sites (N-methyl/N-ethyl adjacent to an activating group) is 1. The lowest BCUT2D eigenvalue weighted by atomic mass is 10.0. The maximum absolute atomic E-state index is 6.33. The maximum Gasteiger partial charge on any atom is 0.125 e. The number of methoxy groups -OCH3 is 1. The summed E-state index contributed by atoms with van der Waals surface area (Å²) in [6, 6.07) is 7.54. The molecule has 20 heavy (non-hydrogen) atoms. The van der Waals surface area contributed by atoms with Crippen LogP contribution in [0, 0.1) is 0 Å². The molecule has 0 radical (unpaired) electrons. The minimum Gasteiger partial charge on any atom is -0.496 e. The van der Waals surface area contributed by atoms with Crippen LogP contribution in [0.5, 0.6) is 5.75 Å². The van der Waals surface area contributed by atoms with Gasteiger partial charge in [-0.25, -0.2) is 0 Å². The fraction of sp³-hybridized carbons (Fsp3) is 0.333. The predicted octanol–water partition coefficient (Wildman–Crippen LogP) is 3.07. The van der Waals surface area contributed by atoms with Crippen LogP contribution in [0.4, 0.5) is 0 Å². The van der Waals surface area contributed by atoms with Gasteiger partial charge in [-0.3, -0.25) is 4.90 Å². The summed E-state index contributed by atoms with van der Waals surface area (Å²) in [6.07, 6.45) is 3.39. The zero-order valence-corrected chi connectivity index (χ0v) is 12.4. The van der Waals surface area contributed by atoms with E-state index in [1.54, 1.807) is 19.6 Å². The third kappa shape index (κ3) is 3.15. The second-order valence-electron chi connectivity index (χ2n) is 4.65. The van der Waals surface area contributed by atoms with Gasteiger partial charge in [0.15, 0.2) is 0 Å². The van der Waals surface area contributed by atoms with E-state index in [1.165, 1.54) is 0 Å². The number of benzene rings is 1. The van der Waals surface area contributed by atoms with Crippen molar-refractivity contribution in [1.82, 2.24) is 4.90 Å². The van der Waals surface area contributed by atoms with E-state index in [0.717, 1.165) is 23.4 Å². The number of nitrogens with two attached hydrogens (primary N) is 1. The predicted molar refractivity (Wildman–Crippen MR) is 80.0 cm³/mol. The Kier molecular flexibility index (Phi) is 5.06. The number of nitrogens with zero attached hydrogens (tertiary/aromatic N) is 1. The Morgan fingerprint density at radius 1 is 1.40 bits per heavy atom. The number of furan rings is 1. The molecule has 0 saturated carbocycles. The second kappa shape index (κ2) is 6.79. The lowest BCUT2D eigenvalue weighted by molar-refractivity contribution is 0.235. The van der Waals surface area contributed by atoms with Gasteiger partial charge in [-0.15, -0.1) is 0 Å². The van der Waals surface area contributed by atoms with E-state index in [2.05, 4.69) is 4.90 Å². The normalized spacial score (nSPS) is 12.7.